The van der Waals surface area contributed by atoms with E-state index in [1.54, 1.807) is 0 Å². The standard InChI is InChI=1S/C11H20O4S/c12-11(15-10-6-3-4-7-10)8-2-1-5-9-16(13)14/h10H,1-9H2,(H,13,14)/p-1. The second kappa shape index (κ2) is 7.79. The van der Waals surface area contributed by atoms with Crippen LogP contribution >= 0.6 is 0 Å². The van der Waals surface area contributed by atoms with E-state index in [1.165, 1.54) is 0 Å². The second-order valence-corrected chi connectivity index (χ2v) is 5.23. The van der Waals surface area contributed by atoms with Gasteiger partial charge < -0.3 is 9.29 Å². The molecule has 0 aliphatic heterocycles. The summed E-state index contributed by atoms with van der Waals surface area (Å²) in [6, 6.07) is 0. The number of hydrogen-bond donors (Lipinski definition) is 0. The smallest absolute Gasteiger partial charge is 0.306 e. The maximum atomic E-state index is 11.4. The van der Waals surface area contributed by atoms with Crippen molar-refractivity contribution in [3.05, 3.63) is 0 Å². The molecule has 0 amide bonds. The lowest BCUT2D eigenvalue weighted by atomic mass is 10.2. The Morgan fingerprint density at radius 2 is 1.94 bits per heavy atom. The SMILES string of the molecule is O=C(CCCCCS(=O)[O-])OC1CCCC1. The lowest BCUT2D eigenvalue weighted by Crippen LogP contribution is -2.14. The minimum Gasteiger partial charge on any atom is -0.772 e. The summed E-state index contributed by atoms with van der Waals surface area (Å²) in [5.74, 6) is 0.0626. The van der Waals surface area contributed by atoms with E-state index in [1.807, 2.05) is 0 Å². The fourth-order valence-corrected chi connectivity index (χ4v) is 2.36. The lowest BCUT2D eigenvalue weighted by molar-refractivity contribution is -0.148. The summed E-state index contributed by atoms with van der Waals surface area (Å²) < 4.78 is 25.7. The molecule has 1 saturated carbocycles. The van der Waals surface area contributed by atoms with E-state index < -0.39 is 11.1 Å². The minimum absolute atomic E-state index is 0.129. The van der Waals surface area contributed by atoms with Crippen LogP contribution in [0, 0.1) is 0 Å². The van der Waals surface area contributed by atoms with E-state index in [4.69, 9.17) is 4.74 Å². The van der Waals surface area contributed by atoms with Gasteiger partial charge in [-0.05, 0) is 38.5 Å². The number of unbranched alkanes of at least 4 members (excludes halogenated alkanes) is 2. The van der Waals surface area contributed by atoms with Gasteiger partial charge in [-0.2, -0.15) is 0 Å². The third-order valence-electron chi connectivity index (χ3n) is 2.79. The zero-order valence-corrected chi connectivity index (χ0v) is 10.3. The Bertz CT molecular complexity index is 236. The first-order valence-corrected chi connectivity index (χ1v) is 7.18. The summed E-state index contributed by atoms with van der Waals surface area (Å²) in [6.07, 6.45) is 7.01. The Hall–Kier alpha value is -0.420. The van der Waals surface area contributed by atoms with Gasteiger partial charge in [-0.3, -0.25) is 9.00 Å². The highest BCUT2D eigenvalue weighted by Gasteiger charge is 2.18. The average Bonchev–Trinajstić information content (AvgIpc) is 2.69. The zero-order chi connectivity index (χ0) is 11.8. The summed E-state index contributed by atoms with van der Waals surface area (Å²) in [6.45, 7) is 0. The van der Waals surface area contributed by atoms with Gasteiger partial charge in [0.15, 0.2) is 0 Å². The molecule has 0 spiro atoms. The van der Waals surface area contributed by atoms with Crippen molar-refractivity contribution in [1.82, 2.24) is 0 Å². The molecule has 0 N–H and O–H groups in total. The van der Waals surface area contributed by atoms with Crippen LogP contribution in [0.4, 0.5) is 0 Å². The van der Waals surface area contributed by atoms with E-state index >= 15 is 0 Å². The lowest BCUT2D eigenvalue weighted by Gasteiger charge is -2.11. The van der Waals surface area contributed by atoms with E-state index in [9.17, 15) is 13.6 Å². The molecule has 0 bridgehead atoms. The summed E-state index contributed by atoms with van der Waals surface area (Å²) in [5, 5.41) is 0. The molecule has 1 unspecified atom stereocenters. The Labute approximate surface area is 99.0 Å². The molecule has 5 heteroatoms. The maximum absolute atomic E-state index is 11.4. The van der Waals surface area contributed by atoms with Crippen LogP contribution in [0.3, 0.4) is 0 Å². The number of esters is 1. The average molecular weight is 247 g/mol. The van der Waals surface area contributed by atoms with Crippen LogP contribution in [0.5, 0.6) is 0 Å². The van der Waals surface area contributed by atoms with Crippen molar-refractivity contribution in [1.29, 1.82) is 0 Å². The first kappa shape index (κ1) is 13.6. The summed E-state index contributed by atoms with van der Waals surface area (Å²) >= 11 is -1.95. The molecule has 1 aliphatic carbocycles. The van der Waals surface area contributed by atoms with Crippen molar-refractivity contribution in [2.75, 3.05) is 5.75 Å². The fraction of sp³-hybridized carbons (Fsp3) is 0.909. The van der Waals surface area contributed by atoms with Gasteiger partial charge in [0.25, 0.3) is 0 Å². The monoisotopic (exact) mass is 247 g/mol. The van der Waals surface area contributed by atoms with Crippen molar-refractivity contribution < 1.29 is 18.3 Å². The second-order valence-electron chi connectivity index (χ2n) is 4.21. The molecule has 0 heterocycles. The summed E-state index contributed by atoms with van der Waals surface area (Å²) in [5.41, 5.74) is 0. The van der Waals surface area contributed by atoms with E-state index in [0.29, 0.717) is 12.8 Å². The highest BCUT2D eigenvalue weighted by molar-refractivity contribution is 7.79. The molecule has 0 saturated heterocycles. The van der Waals surface area contributed by atoms with Gasteiger partial charge in [0.1, 0.15) is 6.10 Å². The molecule has 0 radical (unpaired) electrons. The maximum Gasteiger partial charge on any atom is 0.306 e. The number of carbonyl (C=O) groups is 1. The zero-order valence-electron chi connectivity index (χ0n) is 9.48. The quantitative estimate of drug-likeness (QED) is 0.391. The highest BCUT2D eigenvalue weighted by Crippen LogP contribution is 2.21. The molecule has 1 fully saturated rings. The van der Waals surface area contributed by atoms with Crippen molar-refractivity contribution >= 4 is 17.0 Å². The van der Waals surface area contributed by atoms with Crippen LogP contribution in [0.25, 0.3) is 0 Å². The van der Waals surface area contributed by atoms with Crippen molar-refractivity contribution in [2.24, 2.45) is 0 Å². The molecule has 1 rings (SSSR count). The van der Waals surface area contributed by atoms with Crippen LogP contribution in [-0.2, 0) is 20.6 Å². The Balaban J connectivity index is 1.95. The van der Waals surface area contributed by atoms with Crippen LogP contribution in [0.15, 0.2) is 0 Å². The molecule has 1 atom stereocenters. The highest BCUT2D eigenvalue weighted by atomic mass is 32.2. The van der Waals surface area contributed by atoms with Crippen LogP contribution < -0.4 is 0 Å². The van der Waals surface area contributed by atoms with E-state index in [0.717, 1.165) is 38.5 Å². The van der Waals surface area contributed by atoms with E-state index in [-0.39, 0.29) is 17.8 Å². The number of rotatable bonds is 7. The van der Waals surface area contributed by atoms with Gasteiger partial charge >= 0.3 is 5.97 Å². The van der Waals surface area contributed by atoms with Crippen molar-refractivity contribution in [2.45, 2.75) is 57.5 Å². The minimum atomic E-state index is -1.95. The molecule has 0 aromatic carbocycles. The van der Waals surface area contributed by atoms with Gasteiger partial charge in [-0.15, -0.1) is 0 Å². The normalized spacial score (nSPS) is 18.6. The molecule has 4 nitrogen and oxygen atoms in total. The third kappa shape index (κ3) is 6.23. The fourth-order valence-electron chi connectivity index (χ4n) is 1.92. The van der Waals surface area contributed by atoms with Crippen molar-refractivity contribution in [3.8, 4) is 0 Å². The predicted octanol–water partition coefficient (Wildman–Crippen LogP) is 1.91. The van der Waals surface area contributed by atoms with Crippen molar-refractivity contribution in [3.63, 3.8) is 0 Å². The summed E-state index contributed by atoms with van der Waals surface area (Å²) in [4.78, 5) is 11.4. The number of ether oxygens (including phenoxy) is 1. The molecular weight excluding hydrogens is 228 g/mol. The van der Waals surface area contributed by atoms with Gasteiger partial charge in [0.05, 0.1) is 0 Å². The Morgan fingerprint density at radius 1 is 1.25 bits per heavy atom. The molecule has 1 aliphatic rings. The summed E-state index contributed by atoms with van der Waals surface area (Å²) in [7, 11) is 0. The third-order valence-corrected chi connectivity index (χ3v) is 3.41. The first-order valence-electron chi connectivity index (χ1n) is 5.94. The number of hydrogen-bond acceptors (Lipinski definition) is 4. The van der Waals surface area contributed by atoms with Gasteiger partial charge in [0.2, 0.25) is 0 Å². The Kier molecular flexibility index (Phi) is 6.64. The first-order chi connectivity index (χ1) is 7.68. The molecule has 0 aromatic rings. The number of carbonyl (C=O) groups excluding carboxylic acids is 1. The van der Waals surface area contributed by atoms with Gasteiger partial charge in [-0.1, -0.05) is 17.5 Å². The molecule has 94 valence electrons. The van der Waals surface area contributed by atoms with Crippen LogP contribution in [0.1, 0.15) is 51.4 Å². The largest absolute Gasteiger partial charge is 0.772 e. The van der Waals surface area contributed by atoms with Gasteiger partial charge in [-0.25, -0.2) is 0 Å². The van der Waals surface area contributed by atoms with Crippen LogP contribution in [-0.4, -0.2) is 26.6 Å². The predicted molar refractivity (Wildman–Crippen MR) is 60.6 cm³/mol. The molecular formula is C11H19O4S-. The van der Waals surface area contributed by atoms with E-state index in [2.05, 4.69) is 0 Å². The molecule has 16 heavy (non-hydrogen) atoms. The molecule has 0 aromatic heterocycles. The Morgan fingerprint density at radius 3 is 2.56 bits per heavy atom. The topological polar surface area (TPSA) is 66.4 Å². The van der Waals surface area contributed by atoms with Crippen LogP contribution in [0.2, 0.25) is 0 Å². The van der Waals surface area contributed by atoms with Gasteiger partial charge in [0, 0.05) is 12.2 Å².